The minimum atomic E-state index is -0.365. The molecular formula is C18H22N2O3. The second-order valence-electron chi connectivity index (χ2n) is 5.49. The first-order chi connectivity index (χ1) is 11.1. The van der Waals surface area contributed by atoms with Gasteiger partial charge < -0.3 is 14.8 Å². The number of carbonyl (C=O) groups is 1. The van der Waals surface area contributed by atoms with E-state index < -0.39 is 0 Å². The molecule has 0 aromatic heterocycles. The average molecular weight is 314 g/mol. The fraction of sp³-hybridized carbons (Fsp3) is 0.444. The lowest BCUT2D eigenvalue weighted by atomic mass is 10.0. The van der Waals surface area contributed by atoms with Crippen LogP contribution in [-0.2, 0) is 11.2 Å². The van der Waals surface area contributed by atoms with Crippen LogP contribution in [0.2, 0.25) is 0 Å². The molecule has 1 amide bonds. The van der Waals surface area contributed by atoms with Gasteiger partial charge in [0.1, 0.15) is 29.2 Å². The van der Waals surface area contributed by atoms with Gasteiger partial charge in [0.05, 0.1) is 6.61 Å². The minimum Gasteiger partial charge on any atom is -0.494 e. The zero-order chi connectivity index (χ0) is 16.8. The molecule has 0 saturated heterocycles. The van der Waals surface area contributed by atoms with Crippen molar-refractivity contribution in [2.45, 2.75) is 39.7 Å². The molecule has 0 spiro atoms. The topological polar surface area (TPSA) is 71.4 Å². The molecule has 23 heavy (non-hydrogen) atoms. The molecule has 1 aliphatic rings. The van der Waals surface area contributed by atoms with Gasteiger partial charge in [0.25, 0.3) is 5.91 Å². The molecule has 1 heterocycles. The van der Waals surface area contributed by atoms with Crippen molar-refractivity contribution in [2.24, 2.45) is 0 Å². The molecule has 0 aliphatic carbocycles. The maximum Gasteiger partial charge on any atom is 0.261 e. The van der Waals surface area contributed by atoms with Gasteiger partial charge in [-0.2, -0.15) is 5.26 Å². The van der Waals surface area contributed by atoms with Crippen molar-refractivity contribution in [3.63, 3.8) is 0 Å². The number of benzene rings is 1. The zero-order valence-electron chi connectivity index (χ0n) is 13.8. The van der Waals surface area contributed by atoms with Crippen LogP contribution in [0.25, 0.3) is 6.08 Å². The molecule has 1 N–H and O–H groups in total. The minimum absolute atomic E-state index is 0.0671. The first kappa shape index (κ1) is 16.9. The predicted octanol–water partition coefficient (Wildman–Crippen LogP) is 2.84. The molecule has 5 heteroatoms. The number of carbonyl (C=O) groups excluding carboxylic acids is 1. The Hall–Kier alpha value is -2.48. The Labute approximate surface area is 136 Å². The summed E-state index contributed by atoms with van der Waals surface area (Å²) in [7, 11) is 0. The Kier molecular flexibility index (Phi) is 5.64. The Morgan fingerprint density at radius 1 is 1.52 bits per heavy atom. The number of amides is 1. The van der Waals surface area contributed by atoms with Crippen LogP contribution in [-0.4, -0.2) is 25.2 Å². The summed E-state index contributed by atoms with van der Waals surface area (Å²) in [4.78, 5) is 12.0. The Morgan fingerprint density at radius 2 is 2.30 bits per heavy atom. The molecule has 1 aliphatic heterocycles. The van der Waals surface area contributed by atoms with E-state index in [1.807, 2.05) is 39.0 Å². The highest BCUT2D eigenvalue weighted by atomic mass is 16.5. The Balaban J connectivity index is 2.39. The van der Waals surface area contributed by atoms with Gasteiger partial charge in [-0.05, 0) is 38.5 Å². The van der Waals surface area contributed by atoms with Crippen molar-refractivity contribution in [3.8, 4) is 17.6 Å². The fourth-order valence-electron chi connectivity index (χ4n) is 2.53. The van der Waals surface area contributed by atoms with E-state index in [2.05, 4.69) is 5.32 Å². The number of nitrogens with one attached hydrogen (secondary N) is 1. The number of nitrogens with zero attached hydrogens (tertiary/aromatic N) is 1. The van der Waals surface area contributed by atoms with Crippen LogP contribution in [0.3, 0.4) is 0 Å². The molecule has 0 bridgehead atoms. The third-order valence-corrected chi connectivity index (χ3v) is 3.51. The molecule has 1 atom stereocenters. The second-order valence-corrected chi connectivity index (χ2v) is 5.49. The maximum atomic E-state index is 12.0. The van der Waals surface area contributed by atoms with E-state index in [1.165, 1.54) is 0 Å². The number of hydrogen-bond donors (Lipinski definition) is 1. The van der Waals surface area contributed by atoms with Crippen molar-refractivity contribution >= 4 is 12.0 Å². The van der Waals surface area contributed by atoms with Gasteiger partial charge in [-0.1, -0.05) is 6.92 Å². The third kappa shape index (κ3) is 4.04. The van der Waals surface area contributed by atoms with E-state index >= 15 is 0 Å². The SMILES string of the molecule is CCCNC(=O)/C(C#N)=C/c1cc(OCC)cc2c1OC(C)C2. The van der Waals surface area contributed by atoms with E-state index in [9.17, 15) is 10.1 Å². The van der Waals surface area contributed by atoms with Crippen LogP contribution >= 0.6 is 0 Å². The number of hydrogen-bond acceptors (Lipinski definition) is 4. The highest BCUT2D eigenvalue weighted by Gasteiger charge is 2.23. The predicted molar refractivity (Wildman–Crippen MR) is 88.3 cm³/mol. The largest absolute Gasteiger partial charge is 0.494 e. The Bertz CT molecular complexity index is 659. The monoisotopic (exact) mass is 314 g/mol. The van der Waals surface area contributed by atoms with Crippen molar-refractivity contribution in [3.05, 3.63) is 28.8 Å². The zero-order valence-corrected chi connectivity index (χ0v) is 13.8. The summed E-state index contributed by atoms with van der Waals surface area (Å²) in [6.45, 7) is 6.97. The molecule has 5 nitrogen and oxygen atoms in total. The summed E-state index contributed by atoms with van der Waals surface area (Å²) in [5, 5.41) is 12.0. The smallest absolute Gasteiger partial charge is 0.261 e. The lowest BCUT2D eigenvalue weighted by Crippen LogP contribution is -2.25. The van der Waals surface area contributed by atoms with Gasteiger partial charge in [-0.15, -0.1) is 0 Å². The molecule has 0 fully saturated rings. The summed E-state index contributed by atoms with van der Waals surface area (Å²) in [6, 6.07) is 5.74. The van der Waals surface area contributed by atoms with Gasteiger partial charge in [0.15, 0.2) is 0 Å². The lowest BCUT2D eigenvalue weighted by molar-refractivity contribution is -0.117. The van der Waals surface area contributed by atoms with Crippen LogP contribution in [0.4, 0.5) is 0 Å². The highest BCUT2D eigenvalue weighted by Crippen LogP contribution is 2.37. The number of fused-ring (bicyclic) bond motifs is 1. The van der Waals surface area contributed by atoms with Crippen LogP contribution in [0.15, 0.2) is 17.7 Å². The molecule has 0 radical (unpaired) electrons. The molecular weight excluding hydrogens is 292 g/mol. The molecule has 1 aromatic carbocycles. The van der Waals surface area contributed by atoms with Gasteiger partial charge in [0.2, 0.25) is 0 Å². The van der Waals surface area contributed by atoms with Crippen LogP contribution in [0.5, 0.6) is 11.5 Å². The van der Waals surface area contributed by atoms with Gasteiger partial charge in [0, 0.05) is 24.1 Å². The van der Waals surface area contributed by atoms with Gasteiger partial charge in [-0.25, -0.2) is 0 Å². The highest BCUT2D eigenvalue weighted by molar-refractivity contribution is 6.02. The van der Waals surface area contributed by atoms with Crippen molar-refractivity contribution in [1.82, 2.24) is 5.32 Å². The van der Waals surface area contributed by atoms with E-state index in [4.69, 9.17) is 9.47 Å². The second kappa shape index (κ2) is 7.68. The summed E-state index contributed by atoms with van der Waals surface area (Å²) in [5.74, 6) is 1.09. The first-order valence-electron chi connectivity index (χ1n) is 7.95. The van der Waals surface area contributed by atoms with Crippen LogP contribution in [0.1, 0.15) is 38.3 Å². The van der Waals surface area contributed by atoms with Crippen molar-refractivity contribution < 1.29 is 14.3 Å². The standard InChI is InChI=1S/C18H22N2O3/c1-4-6-20-18(21)15(11-19)8-14-10-16(22-5-2)9-13-7-12(3)23-17(13)14/h8-10,12H,4-7H2,1-3H3,(H,20,21)/b15-8+. The summed E-state index contributed by atoms with van der Waals surface area (Å²) in [6.07, 6.45) is 3.26. The summed E-state index contributed by atoms with van der Waals surface area (Å²) in [5.41, 5.74) is 1.82. The average Bonchev–Trinajstić information content (AvgIpc) is 2.90. The van der Waals surface area contributed by atoms with Gasteiger partial charge in [-0.3, -0.25) is 4.79 Å². The number of ether oxygens (including phenoxy) is 2. The van der Waals surface area contributed by atoms with E-state index in [-0.39, 0.29) is 17.6 Å². The molecule has 122 valence electrons. The van der Waals surface area contributed by atoms with E-state index in [0.717, 1.165) is 29.9 Å². The summed E-state index contributed by atoms with van der Waals surface area (Å²) < 4.78 is 11.4. The molecule has 1 unspecified atom stereocenters. The first-order valence-corrected chi connectivity index (χ1v) is 7.95. The quantitative estimate of drug-likeness (QED) is 0.647. The van der Waals surface area contributed by atoms with E-state index in [0.29, 0.717) is 18.7 Å². The van der Waals surface area contributed by atoms with Gasteiger partial charge >= 0.3 is 0 Å². The maximum absolute atomic E-state index is 12.0. The van der Waals surface area contributed by atoms with Crippen molar-refractivity contribution in [1.29, 1.82) is 5.26 Å². The number of rotatable bonds is 6. The van der Waals surface area contributed by atoms with E-state index in [1.54, 1.807) is 6.08 Å². The fourth-order valence-corrected chi connectivity index (χ4v) is 2.53. The Morgan fingerprint density at radius 3 is 2.96 bits per heavy atom. The molecule has 0 saturated carbocycles. The van der Waals surface area contributed by atoms with Crippen LogP contribution < -0.4 is 14.8 Å². The van der Waals surface area contributed by atoms with Crippen LogP contribution in [0, 0.1) is 11.3 Å². The molecule has 1 aromatic rings. The van der Waals surface area contributed by atoms with Crippen molar-refractivity contribution in [2.75, 3.05) is 13.2 Å². The normalized spacial score (nSPS) is 16.3. The third-order valence-electron chi connectivity index (χ3n) is 3.51. The summed E-state index contributed by atoms with van der Waals surface area (Å²) >= 11 is 0. The lowest BCUT2D eigenvalue weighted by Gasteiger charge is -2.10. The number of nitriles is 1. The molecule has 2 rings (SSSR count).